The molecule has 34 heavy (non-hydrogen) atoms. The lowest BCUT2D eigenvalue weighted by Gasteiger charge is -2.16. The second-order valence-corrected chi connectivity index (χ2v) is 10.6. The van der Waals surface area contributed by atoms with Gasteiger partial charge >= 0.3 is 0 Å². The van der Waals surface area contributed by atoms with Gasteiger partial charge in [0.2, 0.25) is 0 Å². The Morgan fingerprint density at radius 2 is 1.06 bits per heavy atom. The van der Waals surface area contributed by atoms with Crippen LogP contribution in [0.2, 0.25) is 0 Å². The molecule has 1 aromatic rings. The molecule has 0 fully saturated rings. The van der Waals surface area contributed by atoms with Gasteiger partial charge in [-0.05, 0) is 67.1 Å². The van der Waals surface area contributed by atoms with E-state index in [1.54, 1.807) is 0 Å². The number of hydrogen-bond acceptors (Lipinski definition) is 0. The zero-order valence-corrected chi connectivity index (χ0v) is 26.9. The number of unbranched alkanes of at least 4 members (excludes halogenated alkanes) is 1. The molecular weight excluding hydrogens is 408 g/mol. The van der Waals surface area contributed by atoms with Gasteiger partial charge in [-0.3, -0.25) is 0 Å². The van der Waals surface area contributed by atoms with Crippen molar-refractivity contribution in [1.29, 1.82) is 0 Å². The molecule has 0 spiro atoms. The Balaban J connectivity index is -0.000000113. The van der Waals surface area contributed by atoms with Crippen molar-refractivity contribution in [2.45, 2.75) is 148 Å². The van der Waals surface area contributed by atoms with E-state index in [0.29, 0.717) is 11.8 Å². The van der Waals surface area contributed by atoms with Crippen molar-refractivity contribution in [3.05, 3.63) is 59.7 Å². The highest BCUT2D eigenvalue weighted by molar-refractivity contribution is 5.37. The molecule has 0 aliphatic heterocycles. The zero-order valence-electron chi connectivity index (χ0n) is 26.9. The predicted octanol–water partition coefficient (Wildman–Crippen LogP) is 12.9. The van der Waals surface area contributed by atoms with Crippen molar-refractivity contribution in [3.8, 4) is 0 Å². The number of allylic oxidation sites excluding steroid dienone is 2. The Labute approximate surface area is 219 Å². The Morgan fingerprint density at radius 3 is 1.21 bits per heavy atom. The highest BCUT2D eigenvalue weighted by atomic mass is 14.1. The van der Waals surface area contributed by atoms with Crippen molar-refractivity contribution < 1.29 is 0 Å². The van der Waals surface area contributed by atoms with Gasteiger partial charge in [0.05, 0.1) is 0 Å². The fourth-order valence-electron chi connectivity index (χ4n) is 2.27. The summed E-state index contributed by atoms with van der Waals surface area (Å²) in [5, 5.41) is 0. The van der Waals surface area contributed by atoms with Gasteiger partial charge in [-0.2, -0.15) is 0 Å². The molecule has 0 radical (unpaired) electrons. The SMILES string of the molecule is C=CCCC(=C)C.CC.CC(C)C.CC(C)C.CCCC.Cc1c(C(C)C)cccc1C(C)C. The first-order valence-electron chi connectivity index (χ1n) is 14.0. The van der Waals surface area contributed by atoms with E-state index in [4.69, 9.17) is 0 Å². The average molecular weight is 477 g/mol. The van der Waals surface area contributed by atoms with E-state index in [9.17, 15) is 0 Å². The van der Waals surface area contributed by atoms with Gasteiger partial charge in [-0.25, -0.2) is 0 Å². The molecule has 0 N–H and O–H groups in total. The van der Waals surface area contributed by atoms with Gasteiger partial charge < -0.3 is 0 Å². The van der Waals surface area contributed by atoms with E-state index in [1.807, 2.05) is 26.8 Å². The van der Waals surface area contributed by atoms with Gasteiger partial charge in [-0.1, -0.05) is 140 Å². The van der Waals surface area contributed by atoms with E-state index in [-0.39, 0.29) is 0 Å². The minimum Gasteiger partial charge on any atom is -0.103 e. The summed E-state index contributed by atoms with van der Waals surface area (Å²) in [6.07, 6.45) is 6.70. The smallest absolute Gasteiger partial charge is 0.0216 e. The van der Waals surface area contributed by atoms with Crippen LogP contribution in [0, 0.1) is 18.8 Å². The molecule has 0 aliphatic rings. The second-order valence-electron chi connectivity index (χ2n) is 10.6. The van der Waals surface area contributed by atoms with Crippen molar-refractivity contribution in [3.63, 3.8) is 0 Å². The monoisotopic (exact) mass is 477 g/mol. The minimum atomic E-state index is 0.638. The number of rotatable bonds is 6. The number of hydrogen-bond donors (Lipinski definition) is 0. The summed E-state index contributed by atoms with van der Waals surface area (Å²) in [6.45, 7) is 42.0. The van der Waals surface area contributed by atoms with Crippen LogP contribution < -0.4 is 0 Å². The van der Waals surface area contributed by atoms with Crippen LogP contribution in [-0.4, -0.2) is 0 Å². The third kappa shape index (κ3) is 41.0. The Bertz CT molecular complexity index is 489. The van der Waals surface area contributed by atoms with E-state index in [0.717, 1.165) is 24.7 Å². The molecule has 0 saturated heterocycles. The van der Waals surface area contributed by atoms with E-state index in [1.165, 1.54) is 35.1 Å². The Hall–Kier alpha value is -1.30. The Kier molecular flexibility index (Phi) is 39.9. The Morgan fingerprint density at radius 1 is 0.765 bits per heavy atom. The van der Waals surface area contributed by atoms with Crippen LogP contribution >= 0.6 is 0 Å². The van der Waals surface area contributed by atoms with E-state index >= 15 is 0 Å². The van der Waals surface area contributed by atoms with Crippen LogP contribution in [0.25, 0.3) is 0 Å². The average Bonchev–Trinajstić information content (AvgIpc) is 2.73. The van der Waals surface area contributed by atoms with Gasteiger partial charge in [0.15, 0.2) is 0 Å². The van der Waals surface area contributed by atoms with Crippen molar-refractivity contribution in [2.75, 3.05) is 0 Å². The lowest BCUT2D eigenvalue weighted by Crippen LogP contribution is -1.98. The summed E-state index contributed by atoms with van der Waals surface area (Å²) in [5.74, 6) is 2.94. The van der Waals surface area contributed by atoms with Gasteiger partial charge in [0, 0.05) is 0 Å². The first-order chi connectivity index (χ1) is 15.7. The molecule has 0 heterocycles. The fourth-order valence-corrected chi connectivity index (χ4v) is 2.27. The maximum absolute atomic E-state index is 3.74. The van der Waals surface area contributed by atoms with Crippen LogP contribution in [0.5, 0.6) is 0 Å². The maximum Gasteiger partial charge on any atom is -0.0216 e. The fraction of sp³-hybridized carbons (Fsp3) is 0.706. The molecule has 0 saturated carbocycles. The van der Waals surface area contributed by atoms with E-state index in [2.05, 4.69) is 121 Å². The second kappa shape index (κ2) is 31.7. The largest absolute Gasteiger partial charge is 0.103 e. The summed E-state index contributed by atoms with van der Waals surface area (Å²) in [7, 11) is 0. The van der Waals surface area contributed by atoms with Crippen molar-refractivity contribution >= 4 is 0 Å². The van der Waals surface area contributed by atoms with Crippen LogP contribution in [0.15, 0.2) is 43.0 Å². The normalized spacial score (nSPS) is 9.18. The first kappa shape index (κ1) is 42.8. The molecule has 0 heteroatoms. The molecule has 0 aliphatic carbocycles. The molecule has 0 bridgehead atoms. The third-order valence-corrected chi connectivity index (χ3v) is 3.94. The maximum atomic E-state index is 3.74. The third-order valence-electron chi connectivity index (χ3n) is 3.94. The molecule has 1 rings (SSSR count). The van der Waals surface area contributed by atoms with Gasteiger partial charge in [0.25, 0.3) is 0 Å². The topological polar surface area (TPSA) is 0 Å². The van der Waals surface area contributed by atoms with Crippen LogP contribution in [0.1, 0.15) is 158 Å². The van der Waals surface area contributed by atoms with Crippen LogP contribution in [0.3, 0.4) is 0 Å². The van der Waals surface area contributed by atoms with Crippen LogP contribution in [0.4, 0.5) is 0 Å². The predicted molar refractivity (Wildman–Crippen MR) is 167 cm³/mol. The standard InChI is InChI=1S/C13H20.C7H12.3C4H10.C2H6/c1-9(2)12-7-6-8-13(10(3)4)11(12)5;1-4-5-6-7(2)3;2*1-4(2)3;1-3-4-2;1-2/h6-10H,1-5H3;4H,1-2,5-6H2,3H3;2*4H,1-3H3;3-4H2,1-2H3;1-2H3. The van der Waals surface area contributed by atoms with Crippen LogP contribution in [-0.2, 0) is 0 Å². The molecule has 0 atom stereocenters. The molecule has 0 nitrogen and oxygen atoms in total. The lowest BCUT2D eigenvalue weighted by molar-refractivity contribution is 0.736. The highest BCUT2D eigenvalue weighted by Crippen LogP contribution is 2.26. The molecular formula is C34H68. The van der Waals surface area contributed by atoms with Gasteiger partial charge in [0.1, 0.15) is 0 Å². The minimum absolute atomic E-state index is 0.638. The highest BCUT2D eigenvalue weighted by Gasteiger charge is 2.08. The van der Waals surface area contributed by atoms with Crippen molar-refractivity contribution in [2.24, 2.45) is 11.8 Å². The quantitative estimate of drug-likeness (QED) is 0.358. The molecule has 1 aromatic carbocycles. The molecule has 0 amide bonds. The summed E-state index contributed by atoms with van der Waals surface area (Å²) >= 11 is 0. The summed E-state index contributed by atoms with van der Waals surface area (Å²) in [6, 6.07) is 6.66. The summed E-state index contributed by atoms with van der Waals surface area (Å²) in [5.41, 5.74) is 5.70. The molecule has 0 aromatic heterocycles. The molecule has 204 valence electrons. The zero-order chi connectivity index (χ0) is 28.3. The lowest BCUT2D eigenvalue weighted by atomic mass is 9.90. The van der Waals surface area contributed by atoms with E-state index < -0.39 is 0 Å². The van der Waals surface area contributed by atoms with Gasteiger partial charge in [-0.15, -0.1) is 13.2 Å². The summed E-state index contributed by atoms with van der Waals surface area (Å²) in [4.78, 5) is 0. The van der Waals surface area contributed by atoms with Crippen molar-refractivity contribution in [1.82, 2.24) is 0 Å². The summed E-state index contributed by atoms with van der Waals surface area (Å²) < 4.78 is 0. The number of benzene rings is 1. The first-order valence-corrected chi connectivity index (χ1v) is 14.0. The molecule has 0 unspecified atom stereocenters.